The van der Waals surface area contributed by atoms with Gasteiger partial charge in [-0.15, -0.1) is 0 Å². The minimum absolute atomic E-state index is 0.735. The van der Waals surface area contributed by atoms with E-state index in [9.17, 15) is 0 Å². The van der Waals surface area contributed by atoms with Gasteiger partial charge in [-0.1, -0.05) is 17.7 Å². The largest absolute Gasteiger partial charge is 0.374 e. The molecule has 0 saturated heterocycles. The van der Waals surface area contributed by atoms with Crippen LogP contribution in [0.25, 0.3) is 0 Å². The lowest BCUT2D eigenvalue weighted by molar-refractivity contribution is 0.539. The number of fused-ring (bicyclic) bond motifs is 1. The first-order chi connectivity index (χ1) is 7.72. The summed E-state index contributed by atoms with van der Waals surface area (Å²) in [6.45, 7) is 4.48. The Morgan fingerprint density at radius 1 is 1.44 bits per heavy atom. The average molecular weight is 218 g/mol. The summed E-state index contributed by atoms with van der Waals surface area (Å²) in [7, 11) is 4.23. The van der Waals surface area contributed by atoms with E-state index in [2.05, 4.69) is 42.4 Å². The van der Waals surface area contributed by atoms with E-state index in [1.807, 2.05) is 7.05 Å². The molecule has 0 aromatic heterocycles. The Labute approximate surface area is 98.7 Å². The summed E-state index contributed by atoms with van der Waals surface area (Å²) in [5.74, 6) is 0.735. The van der Waals surface area contributed by atoms with Gasteiger partial charge in [-0.2, -0.15) is 0 Å². The third-order valence-electron chi connectivity index (χ3n) is 3.59. The van der Waals surface area contributed by atoms with Crippen LogP contribution in [0.2, 0.25) is 0 Å². The summed E-state index contributed by atoms with van der Waals surface area (Å²) in [6, 6.07) is 6.86. The van der Waals surface area contributed by atoms with Gasteiger partial charge in [0.25, 0.3) is 0 Å². The zero-order valence-corrected chi connectivity index (χ0v) is 10.6. The molecule has 0 bridgehead atoms. The number of nitrogens with one attached hydrogen (secondary N) is 1. The van der Waals surface area contributed by atoms with Crippen LogP contribution in [0.5, 0.6) is 0 Å². The van der Waals surface area contributed by atoms with Crippen LogP contribution in [0.1, 0.15) is 29.9 Å². The molecule has 0 spiro atoms. The molecule has 0 radical (unpaired) electrons. The zero-order chi connectivity index (χ0) is 11.5. The van der Waals surface area contributed by atoms with E-state index in [1.165, 1.54) is 30.6 Å². The normalized spacial score (nSPS) is 19.7. The van der Waals surface area contributed by atoms with Crippen LogP contribution in [0.3, 0.4) is 0 Å². The second kappa shape index (κ2) is 4.88. The second-order valence-corrected chi connectivity index (χ2v) is 4.86. The Kier molecular flexibility index (Phi) is 3.49. The van der Waals surface area contributed by atoms with Crippen LogP contribution in [0.4, 0.5) is 5.69 Å². The standard InChI is InChI=1S/C14H22N2/c1-11-4-5-14-13(10-11)12(6-8-15-2)7-9-16(14)3/h4-5,10,12,15H,6-9H2,1-3H3. The molecule has 1 heterocycles. The molecule has 0 fully saturated rings. The molecule has 1 aromatic rings. The summed E-state index contributed by atoms with van der Waals surface area (Å²) >= 11 is 0. The van der Waals surface area contributed by atoms with Crippen LogP contribution in [0, 0.1) is 6.92 Å². The van der Waals surface area contributed by atoms with Gasteiger partial charge in [-0.05, 0) is 50.9 Å². The molecule has 1 N–H and O–H groups in total. The topological polar surface area (TPSA) is 15.3 Å². The molecule has 0 aliphatic carbocycles. The molecular formula is C14H22N2. The highest BCUT2D eigenvalue weighted by molar-refractivity contribution is 5.57. The smallest absolute Gasteiger partial charge is 0.0399 e. The van der Waals surface area contributed by atoms with Gasteiger partial charge in [0.2, 0.25) is 0 Å². The first kappa shape index (κ1) is 11.5. The van der Waals surface area contributed by atoms with Gasteiger partial charge in [-0.3, -0.25) is 0 Å². The highest BCUT2D eigenvalue weighted by Gasteiger charge is 2.22. The fourth-order valence-corrected chi connectivity index (χ4v) is 2.59. The molecule has 0 saturated carbocycles. The zero-order valence-electron chi connectivity index (χ0n) is 10.6. The second-order valence-electron chi connectivity index (χ2n) is 4.86. The van der Waals surface area contributed by atoms with Crippen molar-refractivity contribution in [2.45, 2.75) is 25.7 Å². The molecule has 1 aromatic carbocycles. The lowest BCUT2D eigenvalue weighted by atomic mass is 9.86. The maximum Gasteiger partial charge on any atom is 0.0399 e. The van der Waals surface area contributed by atoms with E-state index in [-0.39, 0.29) is 0 Å². The maximum absolute atomic E-state index is 3.26. The third kappa shape index (κ3) is 2.22. The van der Waals surface area contributed by atoms with Crippen molar-refractivity contribution in [3.8, 4) is 0 Å². The fourth-order valence-electron chi connectivity index (χ4n) is 2.59. The van der Waals surface area contributed by atoms with Gasteiger partial charge in [0.15, 0.2) is 0 Å². The number of rotatable bonds is 3. The number of hydrogen-bond acceptors (Lipinski definition) is 2. The van der Waals surface area contributed by atoms with Crippen molar-refractivity contribution in [1.82, 2.24) is 5.32 Å². The highest BCUT2D eigenvalue weighted by Crippen LogP contribution is 2.36. The molecular weight excluding hydrogens is 196 g/mol. The van der Waals surface area contributed by atoms with E-state index in [0.717, 1.165) is 12.5 Å². The van der Waals surface area contributed by atoms with Crippen molar-refractivity contribution in [2.24, 2.45) is 0 Å². The number of aryl methyl sites for hydroxylation is 1. The molecule has 1 aliphatic heterocycles. The van der Waals surface area contributed by atoms with Crippen molar-refractivity contribution >= 4 is 5.69 Å². The molecule has 2 nitrogen and oxygen atoms in total. The lowest BCUT2D eigenvalue weighted by Gasteiger charge is -2.33. The predicted octanol–water partition coefficient (Wildman–Crippen LogP) is 2.53. The molecule has 2 heteroatoms. The quantitative estimate of drug-likeness (QED) is 0.838. The van der Waals surface area contributed by atoms with Crippen molar-refractivity contribution in [1.29, 1.82) is 0 Å². The van der Waals surface area contributed by atoms with E-state index in [4.69, 9.17) is 0 Å². The first-order valence-electron chi connectivity index (χ1n) is 6.18. The molecule has 1 atom stereocenters. The minimum Gasteiger partial charge on any atom is -0.374 e. The lowest BCUT2D eigenvalue weighted by Crippen LogP contribution is -2.28. The van der Waals surface area contributed by atoms with Crippen LogP contribution in [-0.4, -0.2) is 27.2 Å². The van der Waals surface area contributed by atoms with Gasteiger partial charge in [0, 0.05) is 19.3 Å². The summed E-state index contributed by atoms with van der Waals surface area (Å²) in [5, 5.41) is 3.26. The number of nitrogens with zero attached hydrogens (tertiary/aromatic N) is 1. The predicted molar refractivity (Wildman–Crippen MR) is 70.4 cm³/mol. The minimum atomic E-state index is 0.735. The Morgan fingerprint density at radius 3 is 3.00 bits per heavy atom. The molecule has 1 aliphatic rings. The van der Waals surface area contributed by atoms with Crippen LogP contribution >= 0.6 is 0 Å². The number of anilines is 1. The number of hydrogen-bond donors (Lipinski definition) is 1. The summed E-state index contributed by atoms with van der Waals surface area (Å²) in [4.78, 5) is 2.38. The van der Waals surface area contributed by atoms with Gasteiger partial charge < -0.3 is 10.2 Å². The average Bonchev–Trinajstić information content (AvgIpc) is 2.28. The summed E-state index contributed by atoms with van der Waals surface area (Å²) in [5.41, 5.74) is 4.35. The monoisotopic (exact) mass is 218 g/mol. The van der Waals surface area contributed by atoms with E-state index in [1.54, 1.807) is 5.56 Å². The highest BCUT2D eigenvalue weighted by atomic mass is 15.1. The summed E-state index contributed by atoms with van der Waals surface area (Å²) in [6.07, 6.45) is 2.54. The molecule has 1 unspecified atom stereocenters. The van der Waals surface area contributed by atoms with Crippen molar-refractivity contribution in [3.05, 3.63) is 29.3 Å². The first-order valence-corrected chi connectivity index (χ1v) is 6.18. The van der Waals surface area contributed by atoms with Crippen LogP contribution < -0.4 is 10.2 Å². The Balaban J connectivity index is 2.27. The SMILES string of the molecule is CNCCC1CCN(C)c2ccc(C)cc21. The van der Waals surface area contributed by atoms with Crippen LogP contribution in [-0.2, 0) is 0 Å². The van der Waals surface area contributed by atoms with Crippen molar-refractivity contribution in [2.75, 3.05) is 32.1 Å². The van der Waals surface area contributed by atoms with Crippen molar-refractivity contribution < 1.29 is 0 Å². The third-order valence-corrected chi connectivity index (χ3v) is 3.59. The van der Waals surface area contributed by atoms with Crippen LogP contribution in [0.15, 0.2) is 18.2 Å². The number of benzene rings is 1. The van der Waals surface area contributed by atoms with E-state index in [0.29, 0.717) is 0 Å². The Bertz CT molecular complexity index is 360. The molecule has 0 amide bonds. The summed E-state index contributed by atoms with van der Waals surface area (Å²) < 4.78 is 0. The Morgan fingerprint density at radius 2 is 2.25 bits per heavy atom. The van der Waals surface area contributed by atoms with Gasteiger partial charge in [0.05, 0.1) is 0 Å². The molecule has 2 rings (SSSR count). The maximum atomic E-state index is 3.26. The van der Waals surface area contributed by atoms with Gasteiger partial charge in [-0.25, -0.2) is 0 Å². The molecule has 88 valence electrons. The van der Waals surface area contributed by atoms with Crippen molar-refractivity contribution in [3.63, 3.8) is 0 Å². The fraction of sp³-hybridized carbons (Fsp3) is 0.571. The van der Waals surface area contributed by atoms with Gasteiger partial charge >= 0.3 is 0 Å². The Hall–Kier alpha value is -1.02. The molecule has 16 heavy (non-hydrogen) atoms. The van der Waals surface area contributed by atoms with Gasteiger partial charge in [0.1, 0.15) is 0 Å². The van der Waals surface area contributed by atoms with E-state index < -0.39 is 0 Å². The van der Waals surface area contributed by atoms with E-state index >= 15 is 0 Å².